The van der Waals surface area contributed by atoms with Crippen molar-refractivity contribution in [3.8, 4) is 0 Å². The van der Waals surface area contributed by atoms with Crippen LogP contribution in [-0.2, 0) is 14.3 Å². The van der Waals surface area contributed by atoms with Crippen LogP contribution in [0.3, 0.4) is 0 Å². The number of carbonyl (C=O) groups excluding carboxylic acids is 2. The molecule has 1 fully saturated rings. The molecule has 0 spiro atoms. The Morgan fingerprint density at radius 2 is 2.10 bits per heavy atom. The fraction of sp³-hybridized carbons (Fsp3) is 0.429. The quantitative estimate of drug-likeness (QED) is 0.852. The van der Waals surface area contributed by atoms with Gasteiger partial charge in [-0.3, -0.25) is 14.5 Å². The third kappa shape index (κ3) is 3.80. The van der Waals surface area contributed by atoms with Gasteiger partial charge in [0.1, 0.15) is 6.04 Å². The van der Waals surface area contributed by atoms with Gasteiger partial charge in [0.15, 0.2) is 0 Å². The van der Waals surface area contributed by atoms with Gasteiger partial charge in [0.2, 0.25) is 5.91 Å². The highest BCUT2D eigenvalue weighted by molar-refractivity contribution is 9.10. The summed E-state index contributed by atoms with van der Waals surface area (Å²) in [6.45, 7) is 0.948. The molecule has 0 bridgehead atoms. The van der Waals surface area contributed by atoms with Crippen molar-refractivity contribution in [2.45, 2.75) is 18.9 Å². The summed E-state index contributed by atoms with van der Waals surface area (Å²) in [4.78, 5) is 25.5. The number of halogens is 1. The number of rotatable bonds is 4. The Hall–Kier alpha value is -1.40. The van der Waals surface area contributed by atoms with Crippen molar-refractivity contribution in [3.63, 3.8) is 0 Å². The molecule has 0 aromatic heterocycles. The fourth-order valence-corrected chi connectivity index (χ4v) is 2.60. The van der Waals surface area contributed by atoms with Gasteiger partial charge in [-0.15, -0.1) is 0 Å². The third-order valence-corrected chi connectivity index (χ3v) is 3.84. The number of ether oxygens (including phenoxy) is 1. The van der Waals surface area contributed by atoms with Crippen molar-refractivity contribution in [1.82, 2.24) is 4.90 Å². The molecule has 0 saturated carbocycles. The molecule has 1 aliphatic heterocycles. The molecule has 108 valence electrons. The summed E-state index contributed by atoms with van der Waals surface area (Å²) in [7, 11) is 1.38. The monoisotopic (exact) mass is 340 g/mol. The Balaban J connectivity index is 1.90. The zero-order chi connectivity index (χ0) is 14.5. The highest BCUT2D eigenvalue weighted by atomic mass is 79.9. The van der Waals surface area contributed by atoms with E-state index in [1.807, 2.05) is 29.2 Å². The van der Waals surface area contributed by atoms with Gasteiger partial charge in [0.05, 0.1) is 13.7 Å². The van der Waals surface area contributed by atoms with Gasteiger partial charge in [0.25, 0.3) is 0 Å². The van der Waals surface area contributed by atoms with Gasteiger partial charge in [-0.25, -0.2) is 0 Å². The number of carbonyl (C=O) groups is 2. The molecule has 1 amide bonds. The van der Waals surface area contributed by atoms with E-state index in [9.17, 15) is 9.59 Å². The van der Waals surface area contributed by atoms with Gasteiger partial charge < -0.3 is 10.1 Å². The standard InChI is InChI=1S/C14H17BrN2O3/c1-20-14(19)12-3-2-8-17(12)9-13(18)16-11-6-4-10(15)5-7-11/h4-7,12H,2-3,8-9H2,1H3,(H,16,18). The molecule has 1 atom stereocenters. The lowest BCUT2D eigenvalue weighted by Crippen LogP contribution is -2.41. The maximum atomic E-state index is 12.0. The minimum Gasteiger partial charge on any atom is -0.468 e. The maximum absolute atomic E-state index is 12.0. The number of anilines is 1. The maximum Gasteiger partial charge on any atom is 0.323 e. The summed E-state index contributed by atoms with van der Waals surface area (Å²) < 4.78 is 5.72. The summed E-state index contributed by atoms with van der Waals surface area (Å²) >= 11 is 3.34. The van der Waals surface area contributed by atoms with E-state index in [1.54, 1.807) is 0 Å². The lowest BCUT2D eigenvalue weighted by atomic mass is 10.2. The van der Waals surface area contributed by atoms with E-state index in [0.717, 1.165) is 29.5 Å². The molecule has 5 nitrogen and oxygen atoms in total. The second-order valence-electron chi connectivity index (χ2n) is 4.71. The smallest absolute Gasteiger partial charge is 0.323 e. The van der Waals surface area contributed by atoms with Crippen LogP contribution < -0.4 is 5.32 Å². The van der Waals surface area contributed by atoms with Crippen LogP contribution in [-0.4, -0.2) is 43.0 Å². The van der Waals surface area contributed by atoms with Crippen molar-refractivity contribution in [2.75, 3.05) is 25.5 Å². The van der Waals surface area contributed by atoms with Gasteiger partial charge in [-0.05, 0) is 43.7 Å². The molecule has 1 saturated heterocycles. The van der Waals surface area contributed by atoms with Gasteiger partial charge >= 0.3 is 5.97 Å². The zero-order valence-electron chi connectivity index (χ0n) is 11.3. The number of amides is 1. The topological polar surface area (TPSA) is 58.6 Å². The molecule has 0 aliphatic carbocycles. The van der Waals surface area contributed by atoms with Crippen LogP contribution in [0.4, 0.5) is 5.69 Å². The summed E-state index contributed by atoms with van der Waals surface area (Å²) in [6.07, 6.45) is 1.66. The number of likely N-dealkylation sites (tertiary alicyclic amines) is 1. The largest absolute Gasteiger partial charge is 0.468 e. The van der Waals surface area contributed by atoms with Crippen molar-refractivity contribution in [2.24, 2.45) is 0 Å². The average molecular weight is 341 g/mol. The third-order valence-electron chi connectivity index (χ3n) is 3.31. The molecule has 2 rings (SSSR count). The van der Waals surface area contributed by atoms with Crippen LogP contribution in [0.25, 0.3) is 0 Å². The first-order valence-electron chi connectivity index (χ1n) is 6.47. The van der Waals surface area contributed by atoms with Crippen LogP contribution in [0.15, 0.2) is 28.7 Å². The highest BCUT2D eigenvalue weighted by Crippen LogP contribution is 2.18. The van der Waals surface area contributed by atoms with E-state index >= 15 is 0 Å². The number of methoxy groups -OCH3 is 1. The number of nitrogens with one attached hydrogen (secondary N) is 1. The molecule has 0 radical (unpaired) electrons. The molecule has 1 N–H and O–H groups in total. The first-order chi connectivity index (χ1) is 9.60. The summed E-state index contributed by atoms with van der Waals surface area (Å²) in [5.41, 5.74) is 0.743. The number of hydrogen-bond donors (Lipinski definition) is 1. The van der Waals surface area contributed by atoms with Gasteiger partial charge in [-0.2, -0.15) is 0 Å². The van der Waals surface area contributed by atoms with E-state index < -0.39 is 0 Å². The average Bonchev–Trinajstić information content (AvgIpc) is 2.88. The van der Waals surface area contributed by atoms with Crippen LogP contribution >= 0.6 is 15.9 Å². The lowest BCUT2D eigenvalue weighted by molar-refractivity contribution is -0.146. The molecule has 6 heteroatoms. The van der Waals surface area contributed by atoms with Crippen LogP contribution in [0.5, 0.6) is 0 Å². The molecule has 1 heterocycles. The first kappa shape index (κ1) is 15.0. The van der Waals surface area contributed by atoms with Crippen molar-refractivity contribution < 1.29 is 14.3 Å². The van der Waals surface area contributed by atoms with Crippen molar-refractivity contribution >= 4 is 33.5 Å². The lowest BCUT2D eigenvalue weighted by Gasteiger charge is -2.21. The molecule has 1 aromatic rings. The Morgan fingerprint density at radius 1 is 1.40 bits per heavy atom. The molecule has 1 aromatic carbocycles. The van der Waals surface area contributed by atoms with Crippen molar-refractivity contribution in [1.29, 1.82) is 0 Å². The number of nitrogens with zero attached hydrogens (tertiary/aromatic N) is 1. The second-order valence-corrected chi connectivity index (χ2v) is 5.62. The predicted molar refractivity (Wildman–Crippen MR) is 79.4 cm³/mol. The summed E-state index contributed by atoms with van der Waals surface area (Å²) in [5.74, 6) is -0.387. The SMILES string of the molecule is COC(=O)C1CCCN1CC(=O)Nc1ccc(Br)cc1. The van der Waals surface area contributed by atoms with E-state index in [1.165, 1.54) is 7.11 Å². The molecular formula is C14H17BrN2O3. The first-order valence-corrected chi connectivity index (χ1v) is 7.27. The summed E-state index contributed by atoms with van der Waals surface area (Å²) in [5, 5.41) is 2.82. The number of hydrogen-bond acceptors (Lipinski definition) is 4. The second kappa shape index (κ2) is 6.85. The van der Waals surface area contributed by atoms with Crippen LogP contribution in [0.2, 0.25) is 0 Å². The van der Waals surface area contributed by atoms with Crippen LogP contribution in [0, 0.1) is 0 Å². The van der Waals surface area contributed by atoms with Crippen LogP contribution in [0.1, 0.15) is 12.8 Å². The Morgan fingerprint density at radius 3 is 2.75 bits per heavy atom. The van der Waals surface area contributed by atoms with E-state index in [-0.39, 0.29) is 24.5 Å². The summed E-state index contributed by atoms with van der Waals surface area (Å²) in [6, 6.07) is 7.08. The van der Waals surface area contributed by atoms with E-state index in [2.05, 4.69) is 21.2 Å². The minimum atomic E-state index is -0.296. The molecule has 20 heavy (non-hydrogen) atoms. The number of benzene rings is 1. The van der Waals surface area contributed by atoms with Gasteiger partial charge in [0, 0.05) is 10.2 Å². The van der Waals surface area contributed by atoms with Gasteiger partial charge in [-0.1, -0.05) is 15.9 Å². The highest BCUT2D eigenvalue weighted by Gasteiger charge is 2.32. The van der Waals surface area contributed by atoms with E-state index in [0.29, 0.717) is 0 Å². The fourth-order valence-electron chi connectivity index (χ4n) is 2.34. The predicted octanol–water partition coefficient (Wildman–Crippen LogP) is 2.02. The van der Waals surface area contributed by atoms with E-state index in [4.69, 9.17) is 4.74 Å². The number of esters is 1. The molecular weight excluding hydrogens is 324 g/mol. The molecule has 1 aliphatic rings. The zero-order valence-corrected chi connectivity index (χ0v) is 12.9. The Labute approximate surface area is 126 Å². The minimum absolute atomic E-state index is 0.122. The Bertz CT molecular complexity index is 490. The normalized spacial score (nSPS) is 18.8. The Kier molecular flexibility index (Phi) is 5.14. The molecule has 1 unspecified atom stereocenters. The van der Waals surface area contributed by atoms with Crippen molar-refractivity contribution in [3.05, 3.63) is 28.7 Å².